The molecule has 4 heteroatoms. The van der Waals surface area contributed by atoms with E-state index in [9.17, 15) is 4.39 Å². The number of halogens is 1. The minimum atomic E-state index is -0.237. The molecule has 0 aliphatic rings. The first-order valence-corrected chi connectivity index (χ1v) is 7.23. The standard InChI is InChI=1S/C17H22FN3/c1-4-21(11-15-7-5-6-12(2)20-15)17-9-8-14(13(3)19)10-16(17)18/h5-10,13H,4,11,19H2,1-3H3/t13-/m1/s1. The van der Waals surface area contributed by atoms with Gasteiger partial charge in [0.25, 0.3) is 0 Å². The highest BCUT2D eigenvalue weighted by Gasteiger charge is 2.13. The van der Waals surface area contributed by atoms with Gasteiger partial charge in [-0.3, -0.25) is 4.98 Å². The van der Waals surface area contributed by atoms with Crippen molar-refractivity contribution in [1.82, 2.24) is 4.98 Å². The van der Waals surface area contributed by atoms with Crippen molar-refractivity contribution in [3.63, 3.8) is 0 Å². The molecule has 0 radical (unpaired) electrons. The smallest absolute Gasteiger partial charge is 0.146 e. The van der Waals surface area contributed by atoms with Crippen LogP contribution >= 0.6 is 0 Å². The summed E-state index contributed by atoms with van der Waals surface area (Å²) in [6.45, 7) is 7.12. The molecule has 0 aliphatic heterocycles. The zero-order valence-corrected chi connectivity index (χ0v) is 12.8. The average molecular weight is 287 g/mol. The minimum absolute atomic E-state index is 0.165. The van der Waals surface area contributed by atoms with Crippen LogP contribution in [0.5, 0.6) is 0 Å². The number of hydrogen-bond acceptors (Lipinski definition) is 3. The van der Waals surface area contributed by atoms with Crippen molar-refractivity contribution in [1.29, 1.82) is 0 Å². The molecule has 0 amide bonds. The fraction of sp³-hybridized carbons (Fsp3) is 0.353. The molecule has 0 aliphatic carbocycles. The molecule has 21 heavy (non-hydrogen) atoms. The number of benzene rings is 1. The van der Waals surface area contributed by atoms with E-state index in [1.165, 1.54) is 6.07 Å². The van der Waals surface area contributed by atoms with Crippen LogP contribution in [0, 0.1) is 12.7 Å². The normalized spacial score (nSPS) is 12.2. The van der Waals surface area contributed by atoms with Gasteiger partial charge in [0, 0.05) is 18.3 Å². The highest BCUT2D eigenvalue weighted by atomic mass is 19.1. The predicted octanol–water partition coefficient (Wildman–Crippen LogP) is 3.58. The Kier molecular flexibility index (Phi) is 4.91. The Morgan fingerprint density at radius 2 is 2.05 bits per heavy atom. The maximum Gasteiger partial charge on any atom is 0.146 e. The Morgan fingerprint density at radius 1 is 1.29 bits per heavy atom. The van der Waals surface area contributed by atoms with Crippen LogP contribution in [0.1, 0.15) is 36.8 Å². The van der Waals surface area contributed by atoms with Gasteiger partial charge in [0.05, 0.1) is 17.9 Å². The van der Waals surface area contributed by atoms with E-state index in [-0.39, 0.29) is 11.9 Å². The maximum absolute atomic E-state index is 14.3. The van der Waals surface area contributed by atoms with E-state index in [0.29, 0.717) is 18.8 Å². The SMILES string of the molecule is CCN(Cc1cccc(C)n1)c1ccc([C@@H](C)N)cc1F. The fourth-order valence-electron chi connectivity index (χ4n) is 2.31. The molecule has 0 spiro atoms. The summed E-state index contributed by atoms with van der Waals surface area (Å²) in [4.78, 5) is 6.45. The summed E-state index contributed by atoms with van der Waals surface area (Å²) in [5, 5.41) is 0. The van der Waals surface area contributed by atoms with Crippen LogP contribution in [0.25, 0.3) is 0 Å². The third-order valence-corrected chi connectivity index (χ3v) is 3.52. The van der Waals surface area contributed by atoms with E-state index in [4.69, 9.17) is 5.73 Å². The lowest BCUT2D eigenvalue weighted by molar-refractivity contribution is 0.612. The number of aromatic nitrogens is 1. The minimum Gasteiger partial charge on any atom is -0.364 e. The van der Waals surface area contributed by atoms with E-state index in [1.807, 2.05) is 49.9 Å². The van der Waals surface area contributed by atoms with Gasteiger partial charge in [-0.05, 0) is 50.6 Å². The van der Waals surface area contributed by atoms with Crippen LogP contribution in [0.2, 0.25) is 0 Å². The van der Waals surface area contributed by atoms with Crippen LogP contribution in [-0.2, 0) is 6.54 Å². The topological polar surface area (TPSA) is 42.2 Å². The molecule has 1 aromatic heterocycles. The van der Waals surface area contributed by atoms with Gasteiger partial charge in [0.1, 0.15) is 5.82 Å². The molecular weight excluding hydrogens is 265 g/mol. The summed E-state index contributed by atoms with van der Waals surface area (Å²) in [6, 6.07) is 10.9. The third kappa shape index (κ3) is 3.79. The number of pyridine rings is 1. The molecule has 2 aromatic rings. The van der Waals surface area contributed by atoms with E-state index < -0.39 is 0 Å². The molecule has 1 aromatic carbocycles. The zero-order valence-electron chi connectivity index (χ0n) is 12.8. The van der Waals surface area contributed by atoms with Gasteiger partial charge in [-0.2, -0.15) is 0 Å². The van der Waals surface area contributed by atoms with E-state index >= 15 is 0 Å². The molecule has 0 bridgehead atoms. The molecule has 112 valence electrons. The Morgan fingerprint density at radius 3 is 2.62 bits per heavy atom. The number of rotatable bonds is 5. The van der Waals surface area contributed by atoms with E-state index in [2.05, 4.69) is 4.98 Å². The van der Waals surface area contributed by atoms with Crippen LogP contribution in [0.15, 0.2) is 36.4 Å². The first-order chi connectivity index (χ1) is 10.0. The second-order valence-corrected chi connectivity index (χ2v) is 5.28. The second-order valence-electron chi connectivity index (χ2n) is 5.28. The molecule has 0 saturated carbocycles. The van der Waals surface area contributed by atoms with Crippen molar-refractivity contribution in [3.8, 4) is 0 Å². The molecule has 0 fully saturated rings. The molecule has 2 N–H and O–H groups in total. The molecule has 0 saturated heterocycles. The Balaban J connectivity index is 2.25. The molecular formula is C17H22FN3. The summed E-state index contributed by atoms with van der Waals surface area (Å²) in [5.41, 5.74) is 9.09. The van der Waals surface area contributed by atoms with Gasteiger partial charge >= 0.3 is 0 Å². The molecule has 2 rings (SSSR count). The molecule has 3 nitrogen and oxygen atoms in total. The summed E-state index contributed by atoms with van der Waals surface area (Å²) in [5.74, 6) is -0.237. The van der Waals surface area contributed by atoms with Gasteiger partial charge in [-0.25, -0.2) is 4.39 Å². The zero-order chi connectivity index (χ0) is 15.4. The molecule has 0 unspecified atom stereocenters. The second kappa shape index (κ2) is 6.68. The number of anilines is 1. The number of aryl methyl sites for hydroxylation is 1. The van der Waals surface area contributed by atoms with Gasteiger partial charge in [-0.1, -0.05) is 12.1 Å². The third-order valence-electron chi connectivity index (χ3n) is 3.52. The van der Waals surface area contributed by atoms with Crippen LogP contribution in [-0.4, -0.2) is 11.5 Å². The van der Waals surface area contributed by atoms with Crippen molar-refractivity contribution >= 4 is 5.69 Å². The van der Waals surface area contributed by atoms with Crippen molar-refractivity contribution in [2.24, 2.45) is 5.73 Å². The van der Waals surface area contributed by atoms with Gasteiger partial charge in [-0.15, -0.1) is 0 Å². The van der Waals surface area contributed by atoms with E-state index in [1.54, 1.807) is 6.07 Å². The average Bonchev–Trinajstić information content (AvgIpc) is 2.45. The monoisotopic (exact) mass is 287 g/mol. The van der Waals surface area contributed by atoms with Gasteiger partial charge in [0.2, 0.25) is 0 Å². The van der Waals surface area contributed by atoms with Crippen molar-refractivity contribution < 1.29 is 4.39 Å². The number of nitrogens with zero attached hydrogens (tertiary/aromatic N) is 2. The quantitative estimate of drug-likeness (QED) is 0.914. The van der Waals surface area contributed by atoms with Crippen LogP contribution in [0.4, 0.5) is 10.1 Å². The maximum atomic E-state index is 14.3. The highest BCUT2D eigenvalue weighted by Crippen LogP contribution is 2.24. The highest BCUT2D eigenvalue weighted by molar-refractivity contribution is 5.49. The van der Waals surface area contributed by atoms with Crippen LogP contribution in [0.3, 0.4) is 0 Å². The Labute approximate surface area is 125 Å². The number of hydrogen-bond donors (Lipinski definition) is 1. The van der Waals surface area contributed by atoms with E-state index in [0.717, 1.165) is 17.0 Å². The first kappa shape index (κ1) is 15.4. The Bertz CT molecular complexity index is 611. The van der Waals surface area contributed by atoms with Gasteiger partial charge < -0.3 is 10.6 Å². The summed E-state index contributed by atoms with van der Waals surface area (Å²) in [6.07, 6.45) is 0. The lowest BCUT2D eigenvalue weighted by Crippen LogP contribution is -2.24. The van der Waals surface area contributed by atoms with Crippen LogP contribution < -0.4 is 10.6 Å². The van der Waals surface area contributed by atoms with Crippen molar-refractivity contribution in [2.75, 3.05) is 11.4 Å². The lowest BCUT2D eigenvalue weighted by atomic mass is 10.1. The largest absolute Gasteiger partial charge is 0.364 e. The predicted molar refractivity (Wildman–Crippen MR) is 84.7 cm³/mol. The summed E-state index contributed by atoms with van der Waals surface area (Å²) in [7, 11) is 0. The summed E-state index contributed by atoms with van der Waals surface area (Å²) < 4.78 is 14.3. The molecule has 1 atom stereocenters. The van der Waals surface area contributed by atoms with Gasteiger partial charge in [0.15, 0.2) is 0 Å². The first-order valence-electron chi connectivity index (χ1n) is 7.23. The number of nitrogens with two attached hydrogens (primary N) is 1. The Hall–Kier alpha value is -1.94. The van der Waals surface area contributed by atoms with Crippen molar-refractivity contribution in [2.45, 2.75) is 33.4 Å². The molecule has 1 heterocycles. The summed E-state index contributed by atoms with van der Waals surface area (Å²) >= 11 is 0. The van der Waals surface area contributed by atoms with Crippen molar-refractivity contribution in [3.05, 3.63) is 59.2 Å². The lowest BCUT2D eigenvalue weighted by Gasteiger charge is -2.24. The fourth-order valence-corrected chi connectivity index (χ4v) is 2.31.